The normalized spacial score (nSPS) is 11.6. The van der Waals surface area contributed by atoms with Crippen LogP contribution in [0.3, 0.4) is 0 Å². The smallest absolute Gasteiger partial charge is 0.339 e. The fourth-order valence-corrected chi connectivity index (χ4v) is 2.73. The van der Waals surface area contributed by atoms with Crippen LogP contribution >= 0.6 is 0 Å². The average molecular weight is 290 g/mol. The molecule has 0 unspecified atom stereocenters. The van der Waals surface area contributed by atoms with E-state index < -0.39 is 10.1 Å². The average Bonchev–Trinajstić information content (AvgIpc) is 2.39. The van der Waals surface area contributed by atoms with Crippen molar-refractivity contribution in [1.82, 2.24) is 0 Å². The van der Waals surface area contributed by atoms with Crippen LogP contribution in [0.4, 0.5) is 0 Å². The molecule has 4 heteroatoms. The molecule has 0 radical (unpaired) electrons. The van der Waals surface area contributed by atoms with E-state index in [1.165, 1.54) is 0 Å². The summed E-state index contributed by atoms with van der Waals surface area (Å²) in [4.78, 5) is 0.165. The van der Waals surface area contributed by atoms with Gasteiger partial charge in [0.2, 0.25) is 0 Å². The number of rotatable bonds is 4. The Balaban J connectivity index is 2.28. The topological polar surface area (TPSA) is 43.4 Å². The van der Waals surface area contributed by atoms with Crippen molar-refractivity contribution in [2.24, 2.45) is 0 Å². The molecule has 2 aromatic rings. The molecule has 3 nitrogen and oxygen atoms in total. The van der Waals surface area contributed by atoms with Crippen LogP contribution in [0, 0.1) is 6.92 Å². The highest BCUT2D eigenvalue weighted by atomic mass is 32.2. The van der Waals surface area contributed by atoms with Crippen molar-refractivity contribution in [3.63, 3.8) is 0 Å². The molecule has 2 rings (SSSR count). The first-order chi connectivity index (χ1) is 9.38. The molecule has 20 heavy (non-hydrogen) atoms. The molecule has 0 saturated heterocycles. The summed E-state index contributed by atoms with van der Waals surface area (Å²) in [6.07, 6.45) is 0. The molecule has 0 aromatic heterocycles. The lowest BCUT2D eigenvalue weighted by atomic mass is 10.0. The van der Waals surface area contributed by atoms with Crippen LogP contribution < -0.4 is 4.18 Å². The minimum atomic E-state index is -3.77. The lowest BCUT2D eigenvalue weighted by Crippen LogP contribution is -2.09. The van der Waals surface area contributed by atoms with Crippen LogP contribution in [0.25, 0.3) is 0 Å². The standard InChI is InChI=1S/C16H18O3S/c1-12(2)14-5-4-6-15(11-14)19-20(17,18)16-9-7-13(3)8-10-16/h4-12H,1-3H3. The zero-order chi connectivity index (χ0) is 14.8. The molecule has 0 fully saturated rings. The quantitative estimate of drug-likeness (QED) is 0.802. The van der Waals surface area contributed by atoms with Crippen molar-refractivity contribution < 1.29 is 12.6 Å². The van der Waals surface area contributed by atoms with Gasteiger partial charge in [0.25, 0.3) is 0 Å². The summed E-state index contributed by atoms with van der Waals surface area (Å²) in [7, 11) is -3.77. The van der Waals surface area contributed by atoms with E-state index in [1.54, 1.807) is 42.5 Å². The van der Waals surface area contributed by atoms with Crippen LogP contribution in [0.2, 0.25) is 0 Å². The van der Waals surface area contributed by atoms with Crippen molar-refractivity contribution in [1.29, 1.82) is 0 Å². The Morgan fingerprint density at radius 2 is 1.65 bits per heavy atom. The summed E-state index contributed by atoms with van der Waals surface area (Å²) in [5, 5.41) is 0. The largest absolute Gasteiger partial charge is 0.379 e. The molecule has 2 aromatic carbocycles. The van der Waals surface area contributed by atoms with E-state index in [9.17, 15) is 8.42 Å². The number of hydrogen-bond acceptors (Lipinski definition) is 3. The molecule has 0 heterocycles. The van der Waals surface area contributed by atoms with Gasteiger partial charge in [-0.05, 0) is 42.7 Å². The molecule has 0 saturated carbocycles. The maximum absolute atomic E-state index is 12.2. The summed E-state index contributed by atoms with van der Waals surface area (Å²) in [5.74, 6) is 0.664. The van der Waals surface area contributed by atoms with E-state index in [2.05, 4.69) is 0 Å². The monoisotopic (exact) mass is 290 g/mol. The number of hydrogen-bond donors (Lipinski definition) is 0. The predicted molar refractivity (Wildman–Crippen MR) is 79.5 cm³/mol. The summed E-state index contributed by atoms with van der Waals surface area (Å²) < 4.78 is 29.5. The third-order valence-corrected chi connectivity index (χ3v) is 4.30. The Morgan fingerprint density at radius 1 is 1.00 bits per heavy atom. The Bertz CT molecular complexity index is 686. The lowest BCUT2D eigenvalue weighted by molar-refractivity contribution is 0.485. The maximum Gasteiger partial charge on any atom is 0.339 e. The molecule has 106 valence electrons. The molecule has 0 N–H and O–H groups in total. The van der Waals surface area contributed by atoms with Crippen LogP contribution in [0.1, 0.15) is 30.9 Å². The fraction of sp³-hybridized carbons (Fsp3) is 0.250. The fourth-order valence-electron chi connectivity index (χ4n) is 1.81. The minimum absolute atomic E-state index is 0.165. The van der Waals surface area contributed by atoms with Crippen molar-refractivity contribution in [3.05, 3.63) is 59.7 Å². The van der Waals surface area contributed by atoms with Crippen LogP contribution in [-0.2, 0) is 10.1 Å². The molecular weight excluding hydrogens is 272 g/mol. The van der Waals surface area contributed by atoms with Crippen LogP contribution in [0.5, 0.6) is 5.75 Å². The zero-order valence-electron chi connectivity index (χ0n) is 11.8. The Labute approximate surface area is 120 Å². The Morgan fingerprint density at radius 3 is 2.25 bits per heavy atom. The van der Waals surface area contributed by atoms with Gasteiger partial charge in [-0.15, -0.1) is 0 Å². The summed E-state index contributed by atoms with van der Waals surface area (Å²) in [5.41, 5.74) is 2.05. The van der Waals surface area contributed by atoms with Gasteiger partial charge >= 0.3 is 10.1 Å². The number of aryl methyl sites for hydroxylation is 1. The van der Waals surface area contributed by atoms with E-state index in [4.69, 9.17) is 4.18 Å². The van der Waals surface area contributed by atoms with Crippen LogP contribution in [-0.4, -0.2) is 8.42 Å². The highest BCUT2D eigenvalue weighted by Gasteiger charge is 2.16. The van der Waals surface area contributed by atoms with Gasteiger partial charge in [0.05, 0.1) is 0 Å². The van der Waals surface area contributed by atoms with Gasteiger partial charge in [0.15, 0.2) is 0 Å². The molecule has 0 aliphatic heterocycles. The van der Waals surface area contributed by atoms with Gasteiger partial charge in [-0.2, -0.15) is 8.42 Å². The molecule has 0 amide bonds. The van der Waals surface area contributed by atoms with Gasteiger partial charge in [-0.25, -0.2) is 0 Å². The summed E-state index contributed by atoms with van der Waals surface area (Å²) in [6.45, 7) is 6.00. The van der Waals surface area contributed by atoms with Gasteiger partial charge < -0.3 is 4.18 Å². The molecule has 0 bridgehead atoms. The summed E-state index contributed by atoms with van der Waals surface area (Å²) >= 11 is 0. The Hall–Kier alpha value is -1.81. The first-order valence-corrected chi connectivity index (χ1v) is 7.90. The van der Waals surface area contributed by atoms with Gasteiger partial charge in [0, 0.05) is 0 Å². The predicted octanol–water partition coefficient (Wildman–Crippen LogP) is 3.89. The first-order valence-electron chi connectivity index (χ1n) is 6.49. The highest BCUT2D eigenvalue weighted by molar-refractivity contribution is 7.87. The molecule has 0 atom stereocenters. The van der Waals surface area contributed by atoms with Gasteiger partial charge in [0.1, 0.15) is 10.6 Å². The van der Waals surface area contributed by atoms with E-state index in [-0.39, 0.29) is 4.90 Å². The highest BCUT2D eigenvalue weighted by Crippen LogP contribution is 2.23. The van der Waals surface area contributed by atoms with Crippen molar-refractivity contribution in [3.8, 4) is 5.75 Å². The third-order valence-electron chi connectivity index (χ3n) is 3.04. The molecular formula is C16H18O3S. The van der Waals surface area contributed by atoms with Gasteiger partial charge in [-0.3, -0.25) is 0 Å². The van der Waals surface area contributed by atoms with E-state index >= 15 is 0 Å². The molecule has 0 aliphatic rings. The van der Waals surface area contributed by atoms with Crippen molar-refractivity contribution in [2.75, 3.05) is 0 Å². The van der Waals surface area contributed by atoms with Crippen molar-refractivity contribution in [2.45, 2.75) is 31.6 Å². The zero-order valence-corrected chi connectivity index (χ0v) is 12.6. The second-order valence-corrected chi connectivity index (χ2v) is 6.62. The minimum Gasteiger partial charge on any atom is -0.379 e. The van der Waals surface area contributed by atoms with Crippen molar-refractivity contribution >= 4 is 10.1 Å². The maximum atomic E-state index is 12.2. The first kappa shape index (κ1) is 14.6. The second-order valence-electron chi connectivity index (χ2n) is 5.08. The summed E-state index contributed by atoms with van der Waals surface area (Å²) in [6, 6.07) is 13.8. The third kappa shape index (κ3) is 3.39. The molecule has 0 aliphatic carbocycles. The van der Waals surface area contributed by atoms with E-state index in [1.807, 2.05) is 26.8 Å². The van der Waals surface area contributed by atoms with Crippen LogP contribution in [0.15, 0.2) is 53.4 Å². The SMILES string of the molecule is Cc1ccc(S(=O)(=O)Oc2cccc(C(C)C)c2)cc1. The second kappa shape index (κ2) is 5.67. The van der Waals surface area contributed by atoms with Gasteiger partial charge in [-0.1, -0.05) is 43.7 Å². The van der Waals surface area contributed by atoms with E-state index in [0.29, 0.717) is 11.7 Å². The lowest BCUT2D eigenvalue weighted by Gasteiger charge is -2.10. The Kier molecular flexibility index (Phi) is 4.14. The van der Waals surface area contributed by atoms with E-state index in [0.717, 1.165) is 11.1 Å². The number of benzene rings is 2. The molecule has 0 spiro atoms.